The summed E-state index contributed by atoms with van der Waals surface area (Å²) in [5.74, 6) is 1.75. The van der Waals surface area contributed by atoms with Crippen molar-refractivity contribution in [2.75, 3.05) is 13.1 Å². The number of imidazole rings is 1. The molecule has 4 aliphatic rings. The number of aromatic amines is 1. The summed E-state index contributed by atoms with van der Waals surface area (Å²) in [6, 6.07) is 18.7. The standard InChI is InChI=1S/C29H34N6/c1-3-23(30-15-1)28-32-17-25(33-28)20-9-5-18(6-10-20)19-7-11-21(12-8-19)26-27(22-13-14-22)35-29(34-26)24-4-2-16-31-24/h5-12,17,22-24,29-31,34-35H,1-4,13-16H2,(H,32,33)/t23-,24-,29?/m0/s1. The van der Waals surface area contributed by atoms with E-state index in [-0.39, 0.29) is 0 Å². The number of nitrogens with one attached hydrogen (secondary N) is 5. The lowest BCUT2D eigenvalue weighted by atomic mass is 10.0. The monoisotopic (exact) mass is 466 g/mol. The van der Waals surface area contributed by atoms with Crippen LogP contribution in [-0.2, 0) is 0 Å². The van der Waals surface area contributed by atoms with E-state index in [1.54, 1.807) is 0 Å². The molecule has 2 saturated heterocycles. The molecule has 0 spiro atoms. The quantitative estimate of drug-likeness (QED) is 0.369. The Morgan fingerprint density at radius 2 is 1.37 bits per heavy atom. The van der Waals surface area contributed by atoms with Gasteiger partial charge in [-0.2, -0.15) is 0 Å². The highest BCUT2D eigenvalue weighted by Gasteiger charge is 2.38. The third-order valence-electron chi connectivity index (χ3n) is 8.06. The molecule has 1 aliphatic carbocycles. The zero-order valence-electron chi connectivity index (χ0n) is 20.1. The van der Waals surface area contributed by atoms with Gasteiger partial charge in [0.05, 0.1) is 23.6 Å². The minimum Gasteiger partial charge on any atom is -0.366 e. The SMILES string of the molecule is c1cc(-c2ccc(-c3cnc([C@@H]4CCCN4)[nH]3)cc2)ccc1C1=C(C2CC2)NC([C@@H]2CCCN2)N1. The van der Waals surface area contributed by atoms with Crippen molar-refractivity contribution >= 4 is 5.70 Å². The molecule has 35 heavy (non-hydrogen) atoms. The first-order chi connectivity index (χ1) is 17.3. The van der Waals surface area contributed by atoms with Crippen LogP contribution in [0.3, 0.4) is 0 Å². The Kier molecular flexibility index (Phi) is 5.36. The Hall–Kier alpha value is -3.09. The molecule has 180 valence electrons. The van der Waals surface area contributed by atoms with Gasteiger partial charge in [0.15, 0.2) is 0 Å². The minimum absolute atomic E-state index is 0.308. The molecule has 3 atom stereocenters. The Balaban J connectivity index is 1.08. The maximum Gasteiger partial charge on any atom is 0.123 e. The molecule has 0 bridgehead atoms. The van der Waals surface area contributed by atoms with Gasteiger partial charge >= 0.3 is 0 Å². The molecule has 4 heterocycles. The summed E-state index contributed by atoms with van der Waals surface area (Å²) in [4.78, 5) is 8.13. The maximum absolute atomic E-state index is 4.62. The topological polar surface area (TPSA) is 76.8 Å². The molecule has 7 rings (SSSR count). The summed E-state index contributed by atoms with van der Waals surface area (Å²) in [7, 11) is 0. The number of hydrogen-bond donors (Lipinski definition) is 5. The molecule has 5 N–H and O–H groups in total. The van der Waals surface area contributed by atoms with Crippen LogP contribution in [0.5, 0.6) is 0 Å². The number of allylic oxidation sites excluding steroid dienone is 1. The summed E-state index contributed by atoms with van der Waals surface area (Å²) in [5.41, 5.74) is 8.75. The van der Waals surface area contributed by atoms with Gasteiger partial charge < -0.3 is 26.3 Å². The van der Waals surface area contributed by atoms with Gasteiger partial charge in [0.2, 0.25) is 0 Å². The molecule has 3 fully saturated rings. The fourth-order valence-corrected chi connectivity index (χ4v) is 5.89. The average molecular weight is 467 g/mol. The Labute approximate surface area is 207 Å². The number of benzene rings is 2. The highest BCUT2D eigenvalue weighted by molar-refractivity contribution is 5.74. The van der Waals surface area contributed by atoms with Gasteiger partial charge in [-0.25, -0.2) is 4.98 Å². The average Bonchev–Trinajstić information content (AvgIpc) is 3.44. The van der Waals surface area contributed by atoms with E-state index in [2.05, 4.69) is 79.8 Å². The summed E-state index contributed by atoms with van der Waals surface area (Å²) in [6.45, 7) is 2.21. The largest absolute Gasteiger partial charge is 0.366 e. The molecule has 1 saturated carbocycles. The highest BCUT2D eigenvalue weighted by atomic mass is 15.2. The summed E-state index contributed by atoms with van der Waals surface area (Å²) in [6.07, 6.45) is 9.76. The van der Waals surface area contributed by atoms with Gasteiger partial charge in [0.25, 0.3) is 0 Å². The Morgan fingerprint density at radius 1 is 0.686 bits per heavy atom. The van der Waals surface area contributed by atoms with Gasteiger partial charge in [-0.05, 0) is 73.9 Å². The second-order valence-corrected chi connectivity index (χ2v) is 10.5. The lowest BCUT2D eigenvalue weighted by Crippen LogP contribution is -2.48. The van der Waals surface area contributed by atoms with Crippen LogP contribution in [0.2, 0.25) is 0 Å². The van der Waals surface area contributed by atoms with E-state index >= 15 is 0 Å². The van der Waals surface area contributed by atoms with E-state index < -0.39 is 0 Å². The first kappa shape index (κ1) is 21.2. The van der Waals surface area contributed by atoms with E-state index in [0.717, 1.165) is 31.0 Å². The second-order valence-electron chi connectivity index (χ2n) is 10.5. The summed E-state index contributed by atoms with van der Waals surface area (Å²) in [5, 5.41) is 14.8. The molecule has 0 radical (unpaired) electrons. The normalized spacial score (nSPS) is 26.2. The minimum atomic E-state index is 0.308. The molecule has 1 unspecified atom stereocenters. The fraction of sp³-hybridized carbons (Fsp3) is 0.414. The lowest BCUT2D eigenvalue weighted by molar-refractivity contribution is 0.419. The van der Waals surface area contributed by atoms with Crippen LogP contribution in [-0.4, -0.2) is 35.3 Å². The van der Waals surface area contributed by atoms with Gasteiger partial charge in [0.1, 0.15) is 12.0 Å². The first-order valence-corrected chi connectivity index (χ1v) is 13.3. The third kappa shape index (κ3) is 4.15. The van der Waals surface area contributed by atoms with Crippen molar-refractivity contribution in [2.24, 2.45) is 5.92 Å². The second kappa shape index (κ2) is 8.85. The van der Waals surface area contributed by atoms with Crippen molar-refractivity contribution in [3.63, 3.8) is 0 Å². The molecule has 6 heteroatoms. The van der Waals surface area contributed by atoms with Gasteiger partial charge in [-0.15, -0.1) is 0 Å². The lowest BCUT2D eigenvalue weighted by Gasteiger charge is -2.21. The molecular weight excluding hydrogens is 432 g/mol. The molecule has 3 aromatic rings. The van der Waals surface area contributed by atoms with Crippen molar-refractivity contribution in [3.8, 4) is 22.4 Å². The molecule has 1 aromatic heterocycles. The number of rotatable bonds is 6. The third-order valence-corrected chi connectivity index (χ3v) is 8.06. The van der Waals surface area contributed by atoms with Crippen LogP contribution in [0.15, 0.2) is 60.4 Å². The van der Waals surface area contributed by atoms with E-state index in [0.29, 0.717) is 24.2 Å². The van der Waals surface area contributed by atoms with Crippen molar-refractivity contribution < 1.29 is 0 Å². The zero-order valence-corrected chi connectivity index (χ0v) is 20.1. The smallest absolute Gasteiger partial charge is 0.123 e. The van der Waals surface area contributed by atoms with Crippen LogP contribution in [0.25, 0.3) is 28.1 Å². The van der Waals surface area contributed by atoms with Gasteiger partial charge in [-0.1, -0.05) is 48.5 Å². The van der Waals surface area contributed by atoms with Gasteiger partial charge in [0, 0.05) is 17.7 Å². The van der Waals surface area contributed by atoms with E-state index in [1.165, 1.54) is 65.8 Å². The summed E-state index contributed by atoms with van der Waals surface area (Å²) >= 11 is 0. The number of H-pyrrole nitrogens is 1. The predicted molar refractivity (Wildman–Crippen MR) is 140 cm³/mol. The number of hydrogen-bond acceptors (Lipinski definition) is 5. The van der Waals surface area contributed by atoms with Gasteiger partial charge in [-0.3, -0.25) is 0 Å². The van der Waals surface area contributed by atoms with E-state index in [4.69, 9.17) is 0 Å². The Morgan fingerprint density at radius 3 is 2.03 bits per heavy atom. The first-order valence-electron chi connectivity index (χ1n) is 13.3. The van der Waals surface area contributed by atoms with Crippen molar-refractivity contribution in [1.29, 1.82) is 0 Å². The van der Waals surface area contributed by atoms with E-state index in [9.17, 15) is 0 Å². The van der Waals surface area contributed by atoms with Crippen LogP contribution in [0.1, 0.15) is 56.0 Å². The van der Waals surface area contributed by atoms with Crippen LogP contribution in [0.4, 0.5) is 0 Å². The van der Waals surface area contributed by atoms with Crippen LogP contribution >= 0.6 is 0 Å². The van der Waals surface area contributed by atoms with Crippen molar-refractivity contribution in [3.05, 3.63) is 71.8 Å². The molecule has 2 aromatic carbocycles. The molecule has 3 aliphatic heterocycles. The predicted octanol–water partition coefficient (Wildman–Crippen LogP) is 4.52. The van der Waals surface area contributed by atoms with Crippen LogP contribution < -0.4 is 21.3 Å². The molecular formula is C29H34N6. The maximum atomic E-state index is 4.62. The van der Waals surface area contributed by atoms with Crippen molar-refractivity contribution in [1.82, 2.24) is 31.2 Å². The Bertz CT molecular complexity index is 1210. The summed E-state index contributed by atoms with van der Waals surface area (Å²) < 4.78 is 0. The number of nitrogens with zero attached hydrogens (tertiary/aromatic N) is 1. The van der Waals surface area contributed by atoms with E-state index in [1.807, 2.05) is 6.20 Å². The fourth-order valence-electron chi connectivity index (χ4n) is 5.89. The van der Waals surface area contributed by atoms with Crippen LogP contribution in [0, 0.1) is 5.92 Å². The molecule has 6 nitrogen and oxygen atoms in total. The molecule has 0 amide bonds. The zero-order chi connectivity index (χ0) is 23.2. The number of aromatic nitrogens is 2. The highest BCUT2D eigenvalue weighted by Crippen LogP contribution is 2.41. The van der Waals surface area contributed by atoms with Crippen molar-refractivity contribution in [2.45, 2.75) is 56.8 Å².